The van der Waals surface area contributed by atoms with E-state index in [-0.39, 0.29) is 11.6 Å². The molecule has 0 radical (unpaired) electrons. The minimum Gasteiger partial charge on any atom is -0.464 e. The van der Waals surface area contributed by atoms with Gasteiger partial charge in [0, 0.05) is 12.1 Å². The lowest BCUT2D eigenvalue weighted by molar-refractivity contribution is 0.0593. The van der Waals surface area contributed by atoms with Crippen molar-refractivity contribution in [2.24, 2.45) is 0 Å². The third-order valence-corrected chi connectivity index (χ3v) is 2.76. The van der Waals surface area contributed by atoms with E-state index in [9.17, 15) is 4.79 Å². The number of hydrogen-bond acceptors (Lipinski definition) is 4. The maximum absolute atomic E-state index is 11.4. The zero-order valence-corrected chi connectivity index (χ0v) is 10.3. The van der Waals surface area contributed by atoms with Crippen LogP contribution in [-0.2, 0) is 4.74 Å². The van der Waals surface area contributed by atoms with Gasteiger partial charge in [-0.05, 0) is 11.6 Å². The van der Waals surface area contributed by atoms with Crippen LogP contribution in [0.4, 0.5) is 0 Å². The van der Waals surface area contributed by atoms with Crippen molar-refractivity contribution in [2.45, 2.75) is 12.8 Å². The molecule has 92 valence electrons. The predicted molar refractivity (Wildman–Crippen MR) is 67.3 cm³/mol. The molecule has 1 unspecified atom stereocenters. The summed E-state index contributed by atoms with van der Waals surface area (Å²) in [5, 5.41) is 0. The molecule has 4 heteroatoms. The third kappa shape index (κ3) is 2.53. The molecule has 2 aromatic rings. The van der Waals surface area contributed by atoms with Gasteiger partial charge in [-0.25, -0.2) is 14.8 Å². The van der Waals surface area contributed by atoms with E-state index in [2.05, 4.69) is 14.7 Å². The summed E-state index contributed by atoms with van der Waals surface area (Å²) in [6, 6.07) is 11.5. The molecule has 1 aromatic carbocycles. The average molecular weight is 242 g/mol. The second-order valence-corrected chi connectivity index (χ2v) is 3.92. The maximum atomic E-state index is 11.4. The van der Waals surface area contributed by atoms with Crippen LogP contribution in [-0.4, -0.2) is 23.0 Å². The van der Waals surface area contributed by atoms with Gasteiger partial charge in [-0.2, -0.15) is 0 Å². The lowest BCUT2D eigenvalue weighted by Crippen LogP contribution is -2.09. The van der Waals surface area contributed by atoms with Gasteiger partial charge >= 0.3 is 5.97 Å². The normalized spacial score (nSPS) is 11.9. The second-order valence-electron chi connectivity index (χ2n) is 3.92. The van der Waals surface area contributed by atoms with E-state index < -0.39 is 5.97 Å². The van der Waals surface area contributed by atoms with Gasteiger partial charge in [-0.15, -0.1) is 0 Å². The van der Waals surface area contributed by atoms with E-state index in [0.29, 0.717) is 5.82 Å². The van der Waals surface area contributed by atoms with Crippen LogP contribution in [0.1, 0.15) is 34.7 Å². The van der Waals surface area contributed by atoms with E-state index in [0.717, 1.165) is 5.56 Å². The fraction of sp³-hybridized carbons (Fsp3) is 0.214. The lowest BCUT2D eigenvalue weighted by atomic mass is 10.0. The van der Waals surface area contributed by atoms with E-state index in [4.69, 9.17) is 0 Å². The minimum atomic E-state index is -0.445. The molecule has 0 saturated carbocycles. The third-order valence-electron chi connectivity index (χ3n) is 2.76. The van der Waals surface area contributed by atoms with E-state index in [1.807, 2.05) is 37.3 Å². The number of aromatic nitrogens is 2. The number of methoxy groups -OCH3 is 1. The minimum absolute atomic E-state index is 0.0378. The first kappa shape index (κ1) is 12.2. The zero-order chi connectivity index (χ0) is 13.0. The molecule has 0 bridgehead atoms. The molecule has 1 atom stereocenters. The fourth-order valence-corrected chi connectivity index (χ4v) is 1.69. The highest BCUT2D eigenvalue weighted by Gasteiger charge is 2.14. The Morgan fingerprint density at radius 2 is 1.94 bits per heavy atom. The first-order valence-electron chi connectivity index (χ1n) is 5.68. The summed E-state index contributed by atoms with van der Waals surface area (Å²) in [7, 11) is 1.34. The molecular weight excluding hydrogens is 228 g/mol. The molecule has 1 aromatic heterocycles. The van der Waals surface area contributed by atoms with Gasteiger partial charge in [0.25, 0.3) is 0 Å². The van der Waals surface area contributed by atoms with Crippen LogP contribution < -0.4 is 0 Å². The highest BCUT2D eigenvalue weighted by molar-refractivity contribution is 5.86. The largest absolute Gasteiger partial charge is 0.464 e. The molecule has 0 aliphatic rings. The highest BCUT2D eigenvalue weighted by atomic mass is 16.5. The Kier molecular flexibility index (Phi) is 3.67. The number of ether oxygens (including phenoxy) is 1. The van der Waals surface area contributed by atoms with Crippen molar-refractivity contribution in [2.75, 3.05) is 7.11 Å². The molecule has 2 rings (SSSR count). The van der Waals surface area contributed by atoms with Crippen LogP contribution >= 0.6 is 0 Å². The van der Waals surface area contributed by atoms with Gasteiger partial charge in [-0.3, -0.25) is 0 Å². The first-order valence-corrected chi connectivity index (χ1v) is 5.68. The molecule has 0 fully saturated rings. The average Bonchev–Trinajstić information content (AvgIpc) is 2.46. The maximum Gasteiger partial charge on any atom is 0.356 e. The molecular formula is C14H14N2O2. The molecule has 0 aliphatic carbocycles. The van der Waals surface area contributed by atoms with Crippen LogP contribution in [0.25, 0.3) is 0 Å². The number of esters is 1. The summed E-state index contributed by atoms with van der Waals surface area (Å²) in [6.07, 6.45) is 1.58. The topological polar surface area (TPSA) is 52.1 Å². The van der Waals surface area contributed by atoms with Crippen molar-refractivity contribution in [3.05, 3.63) is 59.7 Å². The van der Waals surface area contributed by atoms with Crippen molar-refractivity contribution in [3.63, 3.8) is 0 Å². The van der Waals surface area contributed by atoms with Gasteiger partial charge < -0.3 is 4.74 Å². The first-order chi connectivity index (χ1) is 8.72. The van der Waals surface area contributed by atoms with Crippen molar-refractivity contribution in [1.82, 2.24) is 9.97 Å². The van der Waals surface area contributed by atoms with Gasteiger partial charge in [0.1, 0.15) is 5.82 Å². The van der Waals surface area contributed by atoms with Crippen molar-refractivity contribution < 1.29 is 9.53 Å². The Morgan fingerprint density at radius 1 is 1.22 bits per heavy atom. The second kappa shape index (κ2) is 5.40. The molecule has 0 spiro atoms. The molecule has 0 amide bonds. The molecule has 4 nitrogen and oxygen atoms in total. The van der Waals surface area contributed by atoms with Crippen LogP contribution in [0.15, 0.2) is 42.6 Å². The van der Waals surface area contributed by atoms with Crippen LogP contribution in [0.2, 0.25) is 0 Å². The van der Waals surface area contributed by atoms with E-state index >= 15 is 0 Å². The summed E-state index contributed by atoms with van der Waals surface area (Å²) >= 11 is 0. The Hall–Kier alpha value is -2.23. The standard InChI is InChI=1S/C14H14N2O2/c1-10(11-6-4-3-5-7-11)13-15-9-8-12(16-13)14(17)18-2/h3-10H,1-2H3. The summed E-state index contributed by atoms with van der Waals surface area (Å²) in [5.74, 6) is 0.207. The highest BCUT2D eigenvalue weighted by Crippen LogP contribution is 2.20. The fourth-order valence-electron chi connectivity index (χ4n) is 1.69. The summed E-state index contributed by atoms with van der Waals surface area (Å²) in [6.45, 7) is 2.01. The van der Waals surface area contributed by atoms with Gasteiger partial charge in [0.05, 0.1) is 7.11 Å². The van der Waals surface area contributed by atoms with Crippen LogP contribution in [0.3, 0.4) is 0 Å². The van der Waals surface area contributed by atoms with E-state index in [1.165, 1.54) is 7.11 Å². The number of carbonyl (C=O) groups is 1. The van der Waals surface area contributed by atoms with E-state index in [1.54, 1.807) is 12.3 Å². The van der Waals surface area contributed by atoms with Gasteiger partial charge in [0.2, 0.25) is 0 Å². The quantitative estimate of drug-likeness (QED) is 0.775. The van der Waals surface area contributed by atoms with Crippen molar-refractivity contribution in [1.29, 1.82) is 0 Å². The Bertz CT molecular complexity index is 541. The number of nitrogens with zero attached hydrogens (tertiary/aromatic N) is 2. The lowest BCUT2D eigenvalue weighted by Gasteiger charge is -2.10. The van der Waals surface area contributed by atoms with Gasteiger partial charge in [0.15, 0.2) is 5.69 Å². The number of carbonyl (C=O) groups excluding carboxylic acids is 1. The molecule has 18 heavy (non-hydrogen) atoms. The Balaban J connectivity index is 2.31. The van der Waals surface area contributed by atoms with Crippen molar-refractivity contribution in [3.8, 4) is 0 Å². The molecule has 1 heterocycles. The SMILES string of the molecule is COC(=O)c1ccnc(C(C)c2ccccc2)n1. The predicted octanol–water partition coefficient (Wildman–Crippen LogP) is 2.42. The zero-order valence-electron chi connectivity index (χ0n) is 10.3. The summed E-state index contributed by atoms with van der Waals surface area (Å²) < 4.78 is 4.65. The Morgan fingerprint density at radius 3 is 2.61 bits per heavy atom. The van der Waals surface area contributed by atoms with Crippen LogP contribution in [0, 0.1) is 0 Å². The van der Waals surface area contributed by atoms with Crippen molar-refractivity contribution >= 4 is 5.97 Å². The molecule has 0 saturated heterocycles. The monoisotopic (exact) mass is 242 g/mol. The molecule has 0 N–H and O–H groups in total. The number of benzene rings is 1. The smallest absolute Gasteiger partial charge is 0.356 e. The summed E-state index contributed by atoms with van der Waals surface area (Å²) in [4.78, 5) is 19.9. The summed E-state index contributed by atoms with van der Waals surface area (Å²) in [5.41, 5.74) is 1.39. The number of rotatable bonds is 3. The number of hydrogen-bond donors (Lipinski definition) is 0. The van der Waals surface area contributed by atoms with Gasteiger partial charge in [-0.1, -0.05) is 37.3 Å². The van der Waals surface area contributed by atoms with Crippen LogP contribution in [0.5, 0.6) is 0 Å². The molecule has 0 aliphatic heterocycles. The Labute approximate surface area is 106 Å².